The van der Waals surface area contributed by atoms with Gasteiger partial charge in [0.2, 0.25) is 0 Å². The van der Waals surface area contributed by atoms with Gasteiger partial charge in [-0.2, -0.15) is 0 Å². The summed E-state index contributed by atoms with van der Waals surface area (Å²) in [7, 11) is 0. The van der Waals surface area contributed by atoms with Gasteiger partial charge >= 0.3 is 0 Å². The molecule has 0 radical (unpaired) electrons. The monoisotopic (exact) mass is 223 g/mol. The smallest absolute Gasteiger partial charge is 0.0894 e. The van der Waals surface area contributed by atoms with E-state index in [1.807, 2.05) is 0 Å². The molecule has 90 valence electrons. The Bertz CT molecular complexity index is 326. The molecule has 1 rings (SSSR count). The molecule has 16 heavy (non-hydrogen) atoms. The maximum atomic E-state index is 9.14. The van der Waals surface area contributed by atoms with E-state index >= 15 is 0 Å². The normalized spacial score (nSPS) is 12.8. The Morgan fingerprint density at radius 2 is 2.06 bits per heavy atom. The molecule has 1 aromatic rings. The average Bonchev–Trinajstić information content (AvgIpc) is 2.28. The van der Waals surface area contributed by atoms with Gasteiger partial charge in [0, 0.05) is 6.54 Å². The number of rotatable bonds is 6. The van der Waals surface area contributed by atoms with Crippen molar-refractivity contribution in [1.29, 1.82) is 0 Å². The van der Waals surface area contributed by atoms with Crippen LogP contribution in [0.5, 0.6) is 0 Å². The highest BCUT2D eigenvalue weighted by Crippen LogP contribution is 2.10. The van der Waals surface area contributed by atoms with Crippen LogP contribution in [-0.4, -0.2) is 36.0 Å². The Hall–Kier alpha value is -0.900. The van der Waals surface area contributed by atoms with Gasteiger partial charge in [-0.15, -0.1) is 0 Å². The van der Waals surface area contributed by atoms with E-state index in [1.54, 1.807) is 0 Å². The molecule has 0 aliphatic carbocycles. The number of aliphatic hydroxyl groups excluding tert-OH is 2. The van der Waals surface area contributed by atoms with Gasteiger partial charge in [0.05, 0.1) is 12.7 Å². The first-order valence-electron chi connectivity index (χ1n) is 5.69. The van der Waals surface area contributed by atoms with Crippen LogP contribution in [0.15, 0.2) is 18.2 Å². The van der Waals surface area contributed by atoms with Crippen LogP contribution < -0.4 is 5.32 Å². The minimum Gasteiger partial charge on any atom is -0.394 e. The van der Waals surface area contributed by atoms with Crippen LogP contribution in [-0.2, 0) is 6.42 Å². The van der Waals surface area contributed by atoms with Crippen molar-refractivity contribution in [3.63, 3.8) is 0 Å². The Morgan fingerprint density at radius 3 is 2.75 bits per heavy atom. The third-order valence-electron chi connectivity index (χ3n) is 2.67. The van der Waals surface area contributed by atoms with E-state index in [4.69, 9.17) is 10.2 Å². The van der Waals surface area contributed by atoms with Crippen molar-refractivity contribution in [2.24, 2.45) is 0 Å². The molecule has 0 aliphatic heterocycles. The molecule has 1 aromatic carbocycles. The number of aliphatic hydroxyl groups is 2. The molecule has 0 saturated heterocycles. The van der Waals surface area contributed by atoms with Crippen LogP contribution in [0.3, 0.4) is 0 Å². The fraction of sp³-hybridized carbons (Fsp3) is 0.538. The van der Waals surface area contributed by atoms with Crippen molar-refractivity contribution in [3.05, 3.63) is 34.9 Å². The molecular formula is C13H21NO2. The first-order valence-corrected chi connectivity index (χ1v) is 5.69. The Labute approximate surface area is 97.1 Å². The highest BCUT2D eigenvalue weighted by Gasteiger charge is 2.01. The van der Waals surface area contributed by atoms with Crippen molar-refractivity contribution < 1.29 is 10.2 Å². The van der Waals surface area contributed by atoms with Crippen molar-refractivity contribution in [1.82, 2.24) is 5.32 Å². The molecule has 1 unspecified atom stereocenters. The van der Waals surface area contributed by atoms with Gasteiger partial charge in [-0.25, -0.2) is 0 Å². The molecule has 3 heteroatoms. The second-order valence-electron chi connectivity index (χ2n) is 4.22. The third-order valence-corrected chi connectivity index (χ3v) is 2.67. The largest absolute Gasteiger partial charge is 0.394 e. The SMILES string of the molecule is Cc1ccc(C)c(CCNCC(O)CO)c1. The van der Waals surface area contributed by atoms with E-state index in [-0.39, 0.29) is 6.61 Å². The van der Waals surface area contributed by atoms with Crippen molar-refractivity contribution in [2.45, 2.75) is 26.4 Å². The van der Waals surface area contributed by atoms with E-state index in [0.717, 1.165) is 13.0 Å². The topological polar surface area (TPSA) is 52.5 Å². The van der Waals surface area contributed by atoms with Crippen LogP contribution in [0.25, 0.3) is 0 Å². The minimum absolute atomic E-state index is 0.184. The van der Waals surface area contributed by atoms with Gasteiger partial charge in [-0.1, -0.05) is 23.8 Å². The second kappa shape index (κ2) is 6.63. The summed E-state index contributed by atoms with van der Waals surface area (Å²) in [6.07, 6.45) is 0.296. The molecule has 0 fully saturated rings. The van der Waals surface area contributed by atoms with Gasteiger partial charge in [-0.3, -0.25) is 0 Å². The standard InChI is InChI=1S/C13H21NO2/c1-10-3-4-11(2)12(7-10)5-6-14-8-13(16)9-15/h3-4,7,13-16H,5-6,8-9H2,1-2H3. The lowest BCUT2D eigenvalue weighted by Crippen LogP contribution is -2.30. The lowest BCUT2D eigenvalue weighted by atomic mass is 10.0. The number of hydrogen-bond acceptors (Lipinski definition) is 3. The average molecular weight is 223 g/mol. The van der Waals surface area contributed by atoms with E-state index in [0.29, 0.717) is 6.54 Å². The molecule has 0 aromatic heterocycles. The van der Waals surface area contributed by atoms with Crippen LogP contribution in [0.2, 0.25) is 0 Å². The van der Waals surface area contributed by atoms with Gasteiger partial charge in [0.15, 0.2) is 0 Å². The first kappa shape index (κ1) is 13.2. The van der Waals surface area contributed by atoms with E-state index in [2.05, 4.69) is 37.4 Å². The predicted molar refractivity (Wildman–Crippen MR) is 65.6 cm³/mol. The zero-order valence-corrected chi connectivity index (χ0v) is 10.0. The van der Waals surface area contributed by atoms with Gasteiger partial charge in [0.1, 0.15) is 0 Å². The lowest BCUT2D eigenvalue weighted by molar-refractivity contribution is 0.0947. The number of benzene rings is 1. The van der Waals surface area contributed by atoms with Crippen LogP contribution >= 0.6 is 0 Å². The maximum absolute atomic E-state index is 9.14. The first-order chi connectivity index (χ1) is 7.63. The van der Waals surface area contributed by atoms with Gasteiger partial charge in [-0.05, 0) is 37.9 Å². The van der Waals surface area contributed by atoms with Crippen molar-refractivity contribution in [3.8, 4) is 0 Å². The minimum atomic E-state index is -0.654. The summed E-state index contributed by atoms with van der Waals surface area (Å²) < 4.78 is 0. The molecule has 0 saturated carbocycles. The van der Waals surface area contributed by atoms with Crippen molar-refractivity contribution >= 4 is 0 Å². The van der Waals surface area contributed by atoms with Crippen molar-refractivity contribution in [2.75, 3.05) is 19.7 Å². The number of nitrogens with one attached hydrogen (secondary N) is 1. The fourth-order valence-corrected chi connectivity index (χ4v) is 1.63. The quantitative estimate of drug-likeness (QED) is 0.625. The summed E-state index contributed by atoms with van der Waals surface area (Å²) >= 11 is 0. The summed E-state index contributed by atoms with van der Waals surface area (Å²) in [5.41, 5.74) is 3.91. The molecule has 0 heterocycles. The summed E-state index contributed by atoms with van der Waals surface area (Å²) in [4.78, 5) is 0. The van der Waals surface area contributed by atoms with E-state index < -0.39 is 6.10 Å². The maximum Gasteiger partial charge on any atom is 0.0894 e. The summed E-state index contributed by atoms with van der Waals surface area (Å²) in [6.45, 7) is 5.28. The van der Waals surface area contributed by atoms with Gasteiger partial charge in [0.25, 0.3) is 0 Å². The molecule has 0 spiro atoms. The highest BCUT2D eigenvalue weighted by atomic mass is 16.3. The fourth-order valence-electron chi connectivity index (χ4n) is 1.63. The predicted octanol–water partition coefficient (Wildman–Crippen LogP) is 0.789. The molecule has 3 N–H and O–H groups in total. The van der Waals surface area contributed by atoms with Crippen LogP contribution in [0, 0.1) is 13.8 Å². The Kier molecular flexibility index (Phi) is 5.46. The highest BCUT2D eigenvalue weighted by molar-refractivity contribution is 5.30. The molecular weight excluding hydrogens is 202 g/mol. The molecule has 3 nitrogen and oxygen atoms in total. The van der Waals surface area contributed by atoms with Gasteiger partial charge < -0.3 is 15.5 Å². The molecule has 1 atom stereocenters. The second-order valence-corrected chi connectivity index (χ2v) is 4.22. The van der Waals surface area contributed by atoms with E-state index in [1.165, 1.54) is 16.7 Å². The van der Waals surface area contributed by atoms with Crippen LogP contribution in [0.4, 0.5) is 0 Å². The summed E-state index contributed by atoms with van der Waals surface area (Å²) in [6, 6.07) is 6.44. The summed E-state index contributed by atoms with van der Waals surface area (Å²) in [5, 5.41) is 20.9. The third kappa shape index (κ3) is 4.31. The zero-order valence-electron chi connectivity index (χ0n) is 10.0. The van der Waals surface area contributed by atoms with Crippen LogP contribution in [0.1, 0.15) is 16.7 Å². The zero-order chi connectivity index (χ0) is 12.0. The Morgan fingerprint density at radius 1 is 1.31 bits per heavy atom. The number of hydrogen-bond donors (Lipinski definition) is 3. The molecule has 0 amide bonds. The molecule has 0 bridgehead atoms. The number of aryl methyl sites for hydroxylation is 2. The van der Waals surface area contributed by atoms with E-state index in [9.17, 15) is 0 Å². The Balaban J connectivity index is 2.34. The molecule has 0 aliphatic rings. The lowest BCUT2D eigenvalue weighted by Gasteiger charge is -2.10. The summed E-state index contributed by atoms with van der Waals surface area (Å²) in [5.74, 6) is 0.